The normalized spacial score (nSPS) is 22.3. The average Bonchev–Trinajstić information content (AvgIpc) is 2.40. The van der Waals surface area contributed by atoms with Crippen LogP contribution in [0.3, 0.4) is 0 Å². The summed E-state index contributed by atoms with van der Waals surface area (Å²) in [6, 6.07) is 3.27. The zero-order valence-electron chi connectivity index (χ0n) is 11.1. The molecule has 108 valence electrons. The maximum atomic E-state index is 13.7. The van der Waals surface area contributed by atoms with Crippen LogP contribution in [0.2, 0.25) is 0 Å². The molecule has 0 spiro atoms. The van der Waals surface area contributed by atoms with Crippen LogP contribution in [0.4, 0.5) is 10.1 Å². The number of para-hydroxylation sites is 1. The molecule has 0 radical (unpaired) electrons. The van der Waals surface area contributed by atoms with Gasteiger partial charge in [-0.15, -0.1) is 0 Å². The van der Waals surface area contributed by atoms with E-state index < -0.39 is 23.7 Å². The number of hydrogen-bond acceptors (Lipinski definition) is 3. The number of amides is 1. The number of halogens is 1. The van der Waals surface area contributed by atoms with Crippen LogP contribution in [-0.4, -0.2) is 29.6 Å². The summed E-state index contributed by atoms with van der Waals surface area (Å²) in [6.45, 7) is 2.77. The molecular weight excluding hydrogens is 263 g/mol. The van der Waals surface area contributed by atoms with Crippen LogP contribution in [-0.2, 0) is 4.79 Å². The first-order valence-electron chi connectivity index (χ1n) is 6.55. The minimum atomic E-state index is -1.27. The van der Waals surface area contributed by atoms with Crippen LogP contribution >= 0.6 is 0 Å². The van der Waals surface area contributed by atoms with E-state index in [1.165, 1.54) is 12.1 Å². The van der Waals surface area contributed by atoms with Crippen molar-refractivity contribution in [1.29, 1.82) is 0 Å². The van der Waals surface area contributed by atoms with E-state index >= 15 is 0 Å². The summed E-state index contributed by atoms with van der Waals surface area (Å²) in [5.41, 5.74) is -0.521. The maximum Gasteiger partial charge on any atom is 0.337 e. The fourth-order valence-corrected chi connectivity index (χ4v) is 2.35. The van der Waals surface area contributed by atoms with Crippen molar-refractivity contribution in [2.45, 2.75) is 25.8 Å². The van der Waals surface area contributed by atoms with Crippen molar-refractivity contribution < 1.29 is 19.1 Å². The lowest BCUT2D eigenvalue weighted by Gasteiger charge is -2.27. The second-order valence-corrected chi connectivity index (χ2v) is 5.09. The first kappa shape index (κ1) is 14.5. The molecule has 3 N–H and O–H groups in total. The lowest BCUT2D eigenvalue weighted by molar-refractivity contribution is -0.119. The quantitative estimate of drug-likeness (QED) is 0.789. The van der Waals surface area contributed by atoms with Gasteiger partial charge in [-0.1, -0.05) is 13.0 Å². The molecule has 1 fully saturated rings. The van der Waals surface area contributed by atoms with Gasteiger partial charge in [0.25, 0.3) is 0 Å². The molecule has 5 nitrogen and oxygen atoms in total. The van der Waals surface area contributed by atoms with E-state index in [4.69, 9.17) is 5.11 Å². The fourth-order valence-electron chi connectivity index (χ4n) is 2.35. The molecule has 1 heterocycles. The monoisotopic (exact) mass is 280 g/mol. The number of piperidine rings is 1. The number of hydrogen-bond donors (Lipinski definition) is 3. The van der Waals surface area contributed by atoms with Crippen molar-refractivity contribution in [3.63, 3.8) is 0 Å². The molecule has 2 rings (SSSR count). The Balaban J connectivity index is 2.17. The molecule has 1 aromatic carbocycles. The summed E-state index contributed by atoms with van der Waals surface area (Å²) >= 11 is 0. The number of benzene rings is 1. The van der Waals surface area contributed by atoms with E-state index in [0.717, 1.165) is 19.0 Å². The Morgan fingerprint density at radius 3 is 2.85 bits per heavy atom. The summed E-state index contributed by atoms with van der Waals surface area (Å²) in [7, 11) is 0. The van der Waals surface area contributed by atoms with Crippen molar-refractivity contribution in [3.8, 4) is 0 Å². The van der Waals surface area contributed by atoms with Gasteiger partial charge in [-0.2, -0.15) is 0 Å². The number of carboxylic acid groups (broad SMARTS) is 1. The third-order valence-electron chi connectivity index (χ3n) is 3.47. The molecule has 0 bridgehead atoms. The lowest BCUT2D eigenvalue weighted by Crippen LogP contribution is -2.45. The molecule has 0 aliphatic carbocycles. The van der Waals surface area contributed by atoms with Crippen LogP contribution in [0.5, 0.6) is 0 Å². The van der Waals surface area contributed by atoms with Crippen molar-refractivity contribution in [2.75, 3.05) is 11.9 Å². The van der Waals surface area contributed by atoms with Crippen molar-refractivity contribution in [3.05, 3.63) is 29.6 Å². The number of aromatic carboxylic acids is 1. The van der Waals surface area contributed by atoms with Gasteiger partial charge in [0.2, 0.25) is 5.91 Å². The van der Waals surface area contributed by atoms with Crippen molar-refractivity contribution >= 4 is 17.6 Å². The molecule has 1 aliphatic rings. The molecular formula is C14H17FN2O3. The predicted molar refractivity (Wildman–Crippen MR) is 72.2 cm³/mol. The van der Waals surface area contributed by atoms with Crippen LogP contribution in [0.1, 0.15) is 30.1 Å². The van der Waals surface area contributed by atoms with Crippen LogP contribution in [0, 0.1) is 11.7 Å². The number of anilines is 1. The number of carbonyl (C=O) groups is 2. The molecule has 1 amide bonds. The summed E-state index contributed by atoms with van der Waals surface area (Å²) < 4.78 is 13.7. The first-order chi connectivity index (χ1) is 9.49. The SMILES string of the molecule is CC1CCNC(C(=O)Nc2c(F)cccc2C(=O)O)C1. The molecule has 6 heteroatoms. The Hall–Kier alpha value is -1.95. The number of carboxylic acids is 1. The van der Waals surface area contributed by atoms with Crippen LogP contribution in [0.25, 0.3) is 0 Å². The Bertz CT molecular complexity index is 533. The van der Waals surface area contributed by atoms with E-state index in [0.29, 0.717) is 12.3 Å². The van der Waals surface area contributed by atoms with Gasteiger partial charge in [-0.25, -0.2) is 9.18 Å². The molecule has 2 atom stereocenters. The maximum absolute atomic E-state index is 13.7. The van der Waals surface area contributed by atoms with E-state index in [9.17, 15) is 14.0 Å². The molecule has 1 saturated heterocycles. The van der Waals surface area contributed by atoms with Crippen molar-refractivity contribution in [2.24, 2.45) is 5.92 Å². The minimum absolute atomic E-state index is 0.248. The highest BCUT2D eigenvalue weighted by molar-refractivity contribution is 6.02. The summed E-state index contributed by atoms with van der Waals surface area (Å²) in [5, 5.41) is 14.5. The third-order valence-corrected chi connectivity index (χ3v) is 3.47. The van der Waals surface area contributed by atoms with Gasteiger partial charge in [0.05, 0.1) is 17.3 Å². The van der Waals surface area contributed by atoms with E-state index in [2.05, 4.69) is 10.6 Å². The summed E-state index contributed by atoms with van der Waals surface area (Å²) in [6.07, 6.45) is 1.65. The van der Waals surface area contributed by atoms with Crippen LogP contribution in [0.15, 0.2) is 18.2 Å². The standard InChI is InChI=1S/C14H17FN2O3/c1-8-5-6-16-11(7-8)13(18)17-12-9(14(19)20)3-2-4-10(12)15/h2-4,8,11,16H,5-7H2,1H3,(H,17,18)(H,19,20). The topological polar surface area (TPSA) is 78.4 Å². The lowest BCUT2D eigenvalue weighted by atomic mass is 9.94. The van der Waals surface area contributed by atoms with Crippen molar-refractivity contribution in [1.82, 2.24) is 5.32 Å². The Morgan fingerprint density at radius 1 is 1.45 bits per heavy atom. The van der Waals surface area contributed by atoms with E-state index in [1.807, 2.05) is 6.92 Å². The predicted octanol–water partition coefficient (Wildman–Crippen LogP) is 1.85. The molecule has 0 aromatic heterocycles. The molecule has 20 heavy (non-hydrogen) atoms. The van der Waals surface area contributed by atoms with Gasteiger partial charge < -0.3 is 15.7 Å². The van der Waals surface area contributed by atoms with Gasteiger partial charge in [-0.05, 0) is 37.4 Å². The van der Waals surface area contributed by atoms with Gasteiger partial charge >= 0.3 is 5.97 Å². The fraction of sp³-hybridized carbons (Fsp3) is 0.429. The van der Waals surface area contributed by atoms with Gasteiger partial charge in [0.15, 0.2) is 0 Å². The van der Waals surface area contributed by atoms with Gasteiger partial charge in [-0.3, -0.25) is 4.79 Å². The molecule has 1 aliphatic heterocycles. The highest BCUT2D eigenvalue weighted by Crippen LogP contribution is 2.22. The Morgan fingerprint density at radius 2 is 2.20 bits per heavy atom. The highest BCUT2D eigenvalue weighted by atomic mass is 19.1. The highest BCUT2D eigenvalue weighted by Gasteiger charge is 2.26. The molecule has 0 saturated carbocycles. The third kappa shape index (κ3) is 3.14. The van der Waals surface area contributed by atoms with Gasteiger partial charge in [0.1, 0.15) is 5.82 Å². The Kier molecular flexibility index (Phi) is 4.34. The van der Waals surface area contributed by atoms with E-state index in [1.54, 1.807) is 0 Å². The summed E-state index contributed by atoms with van der Waals surface area (Å²) in [4.78, 5) is 23.2. The molecule has 2 unspecified atom stereocenters. The smallest absolute Gasteiger partial charge is 0.337 e. The first-order valence-corrected chi connectivity index (χ1v) is 6.55. The second kappa shape index (κ2) is 6.00. The minimum Gasteiger partial charge on any atom is -0.478 e. The van der Waals surface area contributed by atoms with Gasteiger partial charge in [0, 0.05) is 0 Å². The second-order valence-electron chi connectivity index (χ2n) is 5.09. The molecule has 1 aromatic rings. The zero-order chi connectivity index (χ0) is 14.7. The number of rotatable bonds is 3. The van der Waals surface area contributed by atoms with Crippen LogP contribution < -0.4 is 10.6 Å². The number of nitrogens with one attached hydrogen (secondary N) is 2. The largest absolute Gasteiger partial charge is 0.478 e. The average molecular weight is 280 g/mol. The van der Waals surface area contributed by atoms with E-state index in [-0.39, 0.29) is 11.3 Å². The summed E-state index contributed by atoms with van der Waals surface area (Å²) in [5.74, 6) is -2.01. The number of carbonyl (C=O) groups excluding carboxylic acids is 1. The zero-order valence-corrected chi connectivity index (χ0v) is 11.1. The Labute approximate surface area is 116 Å².